The van der Waals surface area contributed by atoms with Gasteiger partial charge in [-0.1, -0.05) is 0 Å². The fourth-order valence-electron chi connectivity index (χ4n) is 1.39. The fraction of sp³-hybridized carbons (Fsp3) is 0.250. The van der Waals surface area contributed by atoms with E-state index in [0.717, 1.165) is 12.1 Å². The van der Waals surface area contributed by atoms with Crippen LogP contribution in [0.15, 0.2) is 18.2 Å². The van der Waals surface area contributed by atoms with Crippen LogP contribution in [-0.2, 0) is 11.3 Å². The number of esters is 1. The van der Waals surface area contributed by atoms with Crippen molar-refractivity contribution in [3.8, 4) is 5.75 Å². The van der Waals surface area contributed by atoms with Crippen LogP contribution in [0.25, 0.3) is 0 Å². The molecule has 0 fully saturated rings. The lowest BCUT2D eigenvalue weighted by atomic mass is 10.3. The van der Waals surface area contributed by atoms with E-state index in [9.17, 15) is 13.6 Å². The van der Waals surface area contributed by atoms with Gasteiger partial charge in [-0.05, 0) is 19.1 Å². The van der Waals surface area contributed by atoms with Crippen LogP contribution < -0.4 is 4.74 Å². The number of nitrogens with one attached hydrogen (secondary N) is 1. The first kappa shape index (κ1) is 13.9. The van der Waals surface area contributed by atoms with Gasteiger partial charge in [0, 0.05) is 6.07 Å². The third-order valence-corrected chi connectivity index (χ3v) is 2.25. The van der Waals surface area contributed by atoms with E-state index in [2.05, 4.69) is 15.2 Å². The number of halogens is 2. The molecule has 6 nitrogen and oxygen atoms in total. The first-order chi connectivity index (χ1) is 9.60. The zero-order chi connectivity index (χ0) is 14.5. The summed E-state index contributed by atoms with van der Waals surface area (Å²) in [5.74, 6) is -2.22. The molecule has 2 aromatic rings. The van der Waals surface area contributed by atoms with Crippen molar-refractivity contribution in [1.82, 2.24) is 15.2 Å². The summed E-state index contributed by atoms with van der Waals surface area (Å²) < 4.78 is 35.8. The minimum Gasteiger partial charge on any atom is -0.483 e. The molecule has 0 bridgehead atoms. The minimum atomic E-state index is -0.824. The standard InChI is InChI=1S/C12H11F2N3O3/c1-2-19-12(18)11-15-10(16-17-11)6-20-9-4-3-7(13)5-8(9)14/h3-5H,2,6H2,1H3,(H,15,16,17). The highest BCUT2D eigenvalue weighted by atomic mass is 19.1. The van der Waals surface area contributed by atoms with Crippen LogP contribution in [-0.4, -0.2) is 27.8 Å². The maximum atomic E-state index is 13.3. The van der Waals surface area contributed by atoms with E-state index in [1.807, 2.05) is 0 Å². The molecule has 0 unspecified atom stereocenters. The van der Waals surface area contributed by atoms with Crippen molar-refractivity contribution < 1.29 is 23.0 Å². The Bertz CT molecular complexity index is 616. The number of nitrogens with zero attached hydrogens (tertiary/aromatic N) is 2. The summed E-state index contributed by atoms with van der Waals surface area (Å²) in [6.45, 7) is 1.72. The number of hydrogen-bond donors (Lipinski definition) is 1. The summed E-state index contributed by atoms with van der Waals surface area (Å²) in [5.41, 5.74) is 0. The van der Waals surface area contributed by atoms with Gasteiger partial charge >= 0.3 is 5.97 Å². The molecule has 106 valence electrons. The molecule has 20 heavy (non-hydrogen) atoms. The largest absolute Gasteiger partial charge is 0.483 e. The van der Waals surface area contributed by atoms with Crippen molar-refractivity contribution >= 4 is 5.97 Å². The molecule has 0 atom stereocenters. The van der Waals surface area contributed by atoms with Crippen LogP contribution in [0.5, 0.6) is 5.75 Å². The zero-order valence-electron chi connectivity index (χ0n) is 10.5. The number of aromatic amines is 1. The number of carbonyl (C=O) groups excluding carboxylic acids is 1. The zero-order valence-corrected chi connectivity index (χ0v) is 10.5. The third kappa shape index (κ3) is 3.28. The van der Waals surface area contributed by atoms with Crippen molar-refractivity contribution in [2.45, 2.75) is 13.5 Å². The van der Waals surface area contributed by atoms with Crippen LogP contribution in [0.3, 0.4) is 0 Å². The van der Waals surface area contributed by atoms with Crippen LogP contribution in [0.1, 0.15) is 23.4 Å². The number of ether oxygens (including phenoxy) is 2. The summed E-state index contributed by atoms with van der Waals surface area (Å²) in [5, 5.41) is 6.10. The molecular weight excluding hydrogens is 272 g/mol. The minimum absolute atomic E-state index is 0.125. The predicted molar refractivity (Wildman–Crippen MR) is 63.0 cm³/mol. The van der Waals surface area contributed by atoms with Crippen molar-refractivity contribution in [2.24, 2.45) is 0 Å². The molecule has 0 saturated carbocycles. The van der Waals surface area contributed by atoms with Crippen LogP contribution >= 0.6 is 0 Å². The molecule has 0 spiro atoms. The first-order valence-corrected chi connectivity index (χ1v) is 5.76. The lowest BCUT2D eigenvalue weighted by Crippen LogP contribution is -2.07. The van der Waals surface area contributed by atoms with Crippen molar-refractivity contribution in [3.63, 3.8) is 0 Å². The van der Waals surface area contributed by atoms with Gasteiger partial charge in [-0.2, -0.15) is 0 Å². The Hall–Kier alpha value is -2.51. The molecule has 1 aromatic carbocycles. The van der Waals surface area contributed by atoms with E-state index < -0.39 is 17.6 Å². The molecule has 0 aliphatic heterocycles. The van der Waals surface area contributed by atoms with E-state index in [4.69, 9.17) is 9.47 Å². The second-order valence-corrected chi connectivity index (χ2v) is 3.69. The van der Waals surface area contributed by atoms with Crippen molar-refractivity contribution in [2.75, 3.05) is 6.61 Å². The normalized spacial score (nSPS) is 10.3. The second-order valence-electron chi connectivity index (χ2n) is 3.69. The van der Waals surface area contributed by atoms with E-state index in [1.54, 1.807) is 6.92 Å². The summed E-state index contributed by atoms with van der Waals surface area (Å²) >= 11 is 0. The highest BCUT2D eigenvalue weighted by Crippen LogP contribution is 2.18. The molecule has 8 heteroatoms. The maximum Gasteiger partial charge on any atom is 0.378 e. The number of rotatable bonds is 5. The van der Waals surface area contributed by atoms with Crippen molar-refractivity contribution in [1.29, 1.82) is 0 Å². The topological polar surface area (TPSA) is 77.1 Å². The molecule has 1 N–H and O–H groups in total. The van der Waals surface area contributed by atoms with E-state index in [0.29, 0.717) is 6.07 Å². The number of aromatic nitrogens is 3. The highest BCUT2D eigenvalue weighted by Gasteiger charge is 2.14. The van der Waals surface area contributed by atoms with Gasteiger partial charge in [-0.25, -0.2) is 18.6 Å². The van der Waals surface area contributed by atoms with E-state index in [-0.39, 0.29) is 30.6 Å². The Labute approximate surface area is 112 Å². The quantitative estimate of drug-likeness (QED) is 0.847. The Morgan fingerprint density at radius 1 is 1.40 bits per heavy atom. The molecule has 1 heterocycles. The molecular formula is C12H11F2N3O3. The lowest BCUT2D eigenvalue weighted by molar-refractivity contribution is 0.0512. The molecule has 1 aromatic heterocycles. The summed E-state index contributed by atoms with van der Waals surface area (Å²) in [6, 6.07) is 2.94. The van der Waals surface area contributed by atoms with Gasteiger partial charge in [0.05, 0.1) is 6.61 Å². The Morgan fingerprint density at radius 3 is 2.90 bits per heavy atom. The first-order valence-electron chi connectivity index (χ1n) is 5.76. The summed E-state index contributed by atoms with van der Waals surface area (Å²) in [7, 11) is 0. The van der Waals surface area contributed by atoms with Gasteiger partial charge < -0.3 is 9.47 Å². The average Bonchev–Trinajstić information content (AvgIpc) is 2.87. The Balaban J connectivity index is 1.99. The van der Waals surface area contributed by atoms with Gasteiger partial charge in [-0.15, -0.1) is 5.10 Å². The van der Waals surface area contributed by atoms with Gasteiger partial charge in [0.15, 0.2) is 17.4 Å². The molecule has 0 aliphatic rings. The predicted octanol–water partition coefficient (Wildman–Crippen LogP) is 1.84. The molecule has 0 saturated heterocycles. The average molecular weight is 283 g/mol. The maximum absolute atomic E-state index is 13.3. The van der Waals surface area contributed by atoms with Gasteiger partial charge in [-0.3, -0.25) is 5.10 Å². The van der Waals surface area contributed by atoms with Crippen LogP contribution in [0, 0.1) is 11.6 Å². The number of H-pyrrole nitrogens is 1. The lowest BCUT2D eigenvalue weighted by Gasteiger charge is -2.04. The van der Waals surface area contributed by atoms with Crippen LogP contribution in [0.4, 0.5) is 8.78 Å². The van der Waals surface area contributed by atoms with Gasteiger partial charge in [0.2, 0.25) is 0 Å². The Morgan fingerprint density at radius 2 is 2.20 bits per heavy atom. The smallest absolute Gasteiger partial charge is 0.378 e. The monoisotopic (exact) mass is 283 g/mol. The second kappa shape index (κ2) is 6.09. The molecule has 0 radical (unpaired) electrons. The van der Waals surface area contributed by atoms with Gasteiger partial charge in [0.25, 0.3) is 5.82 Å². The summed E-state index contributed by atoms with van der Waals surface area (Å²) in [4.78, 5) is 15.1. The highest BCUT2D eigenvalue weighted by molar-refractivity contribution is 5.84. The number of hydrogen-bond acceptors (Lipinski definition) is 5. The van der Waals surface area contributed by atoms with Gasteiger partial charge in [0.1, 0.15) is 12.4 Å². The SMILES string of the molecule is CCOC(=O)c1n[nH]c(COc2ccc(F)cc2F)n1. The van der Waals surface area contributed by atoms with Crippen molar-refractivity contribution in [3.05, 3.63) is 41.5 Å². The number of carbonyl (C=O) groups is 1. The number of benzene rings is 1. The molecule has 0 aliphatic carbocycles. The third-order valence-electron chi connectivity index (χ3n) is 2.25. The molecule has 2 rings (SSSR count). The summed E-state index contributed by atoms with van der Waals surface area (Å²) in [6.07, 6.45) is 0. The van der Waals surface area contributed by atoms with E-state index in [1.165, 1.54) is 0 Å². The Kier molecular flexibility index (Phi) is 4.24. The molecule has 0 amide bonds. The van der Waals surface area contributed by atoms with Crippen LogP contribution in [0.2, 0.25) is 0 Å². The fourth-order valence-corrected chi connectivity index (χ4v) is 1.39. The van der Waals surface area contributed by atoms with E-state index >= 15 is 0 Å².